The topological polar surface area (TPSA) is 113 Å². The first-order valence-electron chi connectivity index (χ1n) is 11.0. The van der Waals surface area contributed by atoms with Gasteiger partial charge in [0, 0.05) is 24.1 Å². The van der Waals surface area contributed by atoms with E-state index in [4.69, 9.17) is 14.2 Å². The molecule has 0 bridgehead atoms. The molecule has 188 valence electrons. The van der Waals surface area contributed by atoms with Crippen molar-refractivity contribution in [3.05, 3.63) is 47.3 Å². The quantitative estimate of drug-likeness (QED) is 0.356. The molecule has 0 fully saturated rings. The van der Waals surface area contributed by atoms with Crippen LogP contribution in [-0.4, -0.2) is 58.2 Å². The predicted molar refractivity (Wildman–Crippen MR) is 128 cm³/mol. The number of hydrogen-bond acceptors (Lipinski definition) is 7. The van der Waals surface area contributed by atoms with Crippen LogP contribution >= 0.6 is 0 Å². The Morgan fingerprint density at radius 2 is 1.68 bits per heavy atom. The number of carbonyl (C=O) groups is 2. The number of ether oxygens (including phenoxy) is 3. The molecule has 34 heavy (non-hydrogen) atoms. The Balaban J connectivity index is 2.12. The van der Waals surface area contributed by atoms with Crippen molar-refractivity contribution in [1.29, 1.82) is 0 Å². The molecule has 1 N–H and O–H groups in total. The molecule has 1 heterocycles. The Hall–Kier alpha value is -2.69. The molecule has 2 rings (SSSR count). The molecule has 0 aliphatic heterocycles. The lowest BCUT2D eigenvalue weighted by Crippen LogP contribution is -2.45. The number of esters is 1. The van der Waals surface area contributed by atoms with Crippen molar-refractivity contribution in [3.8, 4) is 5.75 Å². The van der Waals surface area contributed by atoms with E-state index in [9.17, 15) is 18.0 Å². The highest BCUT2D eigenvalue weighted by Crippen LogP contribution is 2.22. The molecule has 1 aromatic heterocycles. The summed E-state index contributed by atoms with van der Waals surface area (Å²) in [5, 5.41) is 0. The number of aromatic nitrogens is 1. The van der Waals surface area contributed by atoms with Gasteiger partial charge in [-0.2, -0.15) is 4.72 Å². The minimum Gasteiger partial charge on any atom is -0.497 e. The van der Waals surface area contributed by atoms with Gasteiger partial charge in [0.25, 0.3) is 0 Å². The fourth-order valence-electron chi connectivity index (χ4n) is 3.80. The number of rotatable bonds is 12. The highest BCUT2D eigenvalue weighted by atomic mass is 32.2. The molecule has 0 amide bonds. The van der Waals surface area contributed by atoms with Crippen LogP contribution < -0.4 is 9.46 Å². The van der Waals surface area contributed by atoms with Crippen molar-refractivity contribution >= 4 is 21.8 Å². The molecule has 2 aromatic rings. The van der Waals surface area contributed by atoms with Gasteiger partial charge in [0.05, 0.1) is 24.7 Å². The molecular formula is C24H34N2O7S. The number of nitrogens with one attached hydrogen (secondary N) is 1. The van der Waals surface area contributed by atoms with E-state index in [0.717, 1.165) is 11.4 Å². The van der Waals surface area contributed by atoms with Crippen LogP contribution in [-0.2, 0) is 24.3 Å². The van der Waals surface area contributed by atoms with Crippen LogP contribution in [0.4, 0.5) is 0 Å². The van der Waals surface area contributed by atoms with Crippen LogP contribution in [0.15, 0.2) is 35.2 Å². The van der Waals surface area contributed by atoms with Gasteiger partial charge in [-0.3, -0.25) is 9.59 Å². The molecule has 0 aliphatic rings. The lowest BCUT2D eigenvalue weighted by atomic mass is 10.1. The standard InChI is InChI=1S/C24H34N2O7S/c1-15(2)23(25-34(29,30)20-10-8-19(32-7)9-11-20)24(28)33-14-22(27)21-12-16(3)26(18(21)5)17(4)13-31-6/h8-12,15,17,23,25H,13-14H2,1-7H3/t17?,23-/m0/s1. The molecule has 1 unspecified atom stereocenters. The van der Waals surface area contributed by atoms with Crippen molar-refractivity contribution in [2.24, 2.45) is 5.92 Å². The van der Waals surface area contributed by atoms with Gasteiger partial charge in [0.1, 0.15) is 11.8 Å². The zero-order valence-corrected chi connectivity index (χ0v) is 21.6. The minimum absolute atomic E-state index is 0.0135. The number of hydrogen-bond donors (Lipinski definition) is 1. The van der Waals surface area contributed by atoms with Gasteiger partial charge in [-0.05, 0) is 57.0 Å². The minimum atomic E-state index is -4.00. The molecule has 9 nitrogen and oxygen atoms in total. The number of ketones is 1. The second-order valence-corrected chi connectivity index (χ2v) is 10.2. The van der Waals surface area contributed by atoms with E-state index >= 15 is 0 Å². The van der Waals surface area contributed by atoms with E-state index in [1.165, 1.54) is 31.4 Å². The van der Waals surface area contributed by atoms with Crippen molar-refractivity contribution in [1.82, 2.24) is 9.29 Å². The summed E-state index contributed by atoms with van der Waals surface area (Å²) in [5.74, 6) is -1.08. The summed E-state index contributed by atoms with van der Waals surface area (Å²) in [6.45, 7) is 9.08. The molecule has 0 aliphatic carbocycles. The zero-order chi connectivity index (χ0) is 25.6. The smallest absolute Gasteiger partial charge is 0.324 e. The summed E-state index contributed by atoms with van der Waals surface area (Å²) in [6, 6.07) is 6.42. The number of carbonyl (C=O) groups excluding carboxylic acids is 2. The van der Waals surface area contributed by atoms with E-state index in [0.29, 0.717) is 17.9 Å². The van der Waals surface area contributed by atoms with Crippen molar-refractivity contribution in [2.75, 3.05) is 27.4 Å². The summed E-state index contributed by atoms with van der Waals surface area (Å²) in [6.07, 6.45) is 0. The lowest BCUT2D eigenvalue weighted by molar-refractivity contribution is -0.145. The fraction of sp³-hybridized carbons (Fsp3) is 0.500. The van der Waals surface area contributed by atoms with E-state index < -0.39 is 34.6 Å². The maximum atomic E-state index is 12.8. The lowest BCUT2D eigenvalue weighted by Gasteiger charge is -2.21. The monoisotopic (exact) mass is 494 g/mol. The first kappa shape index (κ1) is 27.6. The van der Waals surface area contributed by atoms with E-state index in [-0.39, 0.29) is 16.7 Å². The van der Waals surface area contributed by atoms with Gasteiger partial charge in [-0.1, -0.05) is 13.8 Å². The Morgan fingerprint density at radius 3 is 2.21 bits per heavy atom. The molecule has 1 aromatic carbocycles. The van der Waals surface area contributed by atoms with Crippen LogP contribution in [0.1, 0.15) is 48.6 Å². The van der Waals surface area contributed by atoms with Gasteiger partial charge in [-0.15, -0.1) is 0 Å². The van der Waals surface area contributed by atoms with Gasteiger partial charge in [0.2, 0.25) is 15.8 Å². The number of Topliss-reactive ketones (excluding diaryl/α,β-unsaturated/α-hetero) is 1. The SMILES string of the molecule is COCC(C)n1c(C)cc(C(=O)COC(=O)[C@@H](NS(=O)(=O)c2ccc(OC)cc2)C(C)C)c1C. The average Bonchev–Trinajstić information content (AvgIpc) is 3.09. The average molecular weight is 495 g/mol. The fourth-order valence-corrected chi connectivity index (χ4v) is 5.14. The van der Waals surface area contributed by atoms with Gasteiger partial charge >= 0.3 is 5.97 Å². The van der Waals surface area contributed by atoms with Crippen LogP contribution in [0.5, 0.6) is 5.75 Å². The van der Waals surface area contributed by atoms with Crippen molar-refractivity contribution < 1.29 is 32.2 Å². The van der Waals surface area contributed by atoms with Crippen molar-refractivity contribution in [2.45, 2.75) is 51.6 Å². The number of methoxy groups -OCH3 is 2. The van der Waals surface area contributed by atoms with Gasteiger partial charge < -0.3 is 18.8 Å². The molecule has 0 saturated heterocycles. The van der Waals surface area contributed by atoms with Crippen LogP contribution in [0.25, 0.3) is 0 Å². The summed E-state index contributed by atoms with van der Waals surface area (Å²) >= 11 is 0. The number of sulfonamides is 1. The number of benzene rings is 1. The Kier molecular flexibility index (Phi) is 9.43. The van der Waals surface area contributed by atoms with E-state index in [2.05, 4.69) is 4.72 Å². The van der Waals surface area contributed by atoms with Crippen LogP contribution in [0, 0.1) is 19.8 Å². The van der Waals surface area contributed by atoms with E-state index in [1.54, 1.807) is 27.0 Å². The zero-order valence-electron chi connectivity index (χ0n) is 20.7. The normalized spacial score (nSPS) is 13.5. The summed E-state index contributed by atoms with van der Waals surface area (Å²) in [5.41, 5.74) is 2.10. The first-order valence-corrected chi connectivity index (χ1v) is 12.4. The number of aryl methyl sites for hydroxylation is 1. The molecule has 0 saturated carbocycles. The molecular weight excluding hydrogens is 460 g/mol. The second-order valence-electron chi connectivity index (χ2n) is 8.51. The number of nitrogens with zero attached hydrogens (tertiary/aromatic N) is 1. The highest BCUT2D eigenvalue weighted by molar-refractivity contribution is 7.89. The van der Waals surface area contributed by atoms with Crippen LogP contribution in [0.3, 0.4) is 0 Å². The first-order chi connectivity index (χ1) is 15.9. The Bertz CT molecular complexity index is 1110. The maximum absolute atomic E-state index is 12.8. The van der Waals surface area contributed by atoms with Gasteiger partial charge in [-0.25, -0.2) is 8.42 Å². The second kappa shape index (κ2) is 11.6. The molecule has 10 heteroatoms. The van der Waals surface area contributed by atoms with Crippen molar-refractivity contribution in [3.63, 3.8) is 0 Å². The summed E-state index contributed by atoms with van der Waals surface area (Å²) in [4.78, 5) is 25.5. The third kappa shape index (κ3) is 6.46. The third-order valence-electron chi connectivity index (χ3n) is 5.55. The molecule has 0 spiro atoms. The predicted octanol–water partition coefficient (Wildman–Crippen LogP) is 3.05. The largest absolute Gasteiger partial charge is 0.497 e. The Labute approximate surface area is 201 Å². The summed E-state index contributed by atoms with van der Waals surface area (Å²) in [7, 11) is -0.903. The highest BCUT2D eigenvalue weighted by Gasteiger charge is 2.30. The summed E-state index contributed by atoms with van der Waals surface area (Å²) < 4.78 is 45.4. The maximum Gasteiger partial charge on any atom is 0.324 e. The molecule has 0 radical (unpaired) electrons. The Morgan fingerprint density at radius 1 is 1.06 bits per heavy atom. The van der Waals surface area contributed by atoms with Gasteiger partial charge in [0.15, 0.2) is 6.61 Å². The van der Waals surface area contributed by atoms with Crippen LogP contribution in [0.2, 0.25) is 0 Å². The third-order valence-corrected chi connectivity index (χ3v) is 7.01. The molecule has 2 atom stereocenters. The van der Waals surface area contributed by atoms with E-state index in [1.807, 2.05) is 25.3 Å².